The summed E-state index contributed by atoms with van der Waals surface area (Å²) in [6.07, 6.45) is 4.50. The normalized spacial score (nSPS) is 10.8. The summed E-state index contributed by atoms with van der Waals surface area (Å²) < 4.78 is 0. The maximum absolute atomic E-state index is 11.8. The molecule has 0 aromatic rings. The third-order valence-electron chi connectivity index (χ3n) is 2.80. The molecule has 0 aliphatic carbocycles. The van der Waals surface area contributed by atoms with Crippen molar-refractivity contribution < 1.29 is 19.8 Å². The van der Waals surface area contributed by atoms with Gasteiger partial charge in [-0.25, -0.2) is 0 Å². The predicted octanol–water partition coefficient (Wildman–Crippen LogP) is 1.48. The summed E-state index contributed by atoms with van der Waals surface area (Å²) in [5.74, 6) is -0.172. The molecule has 0 aromatic heterocycles. The molecule has 0 atom stereocenters. The van der Waals surface area contributed by atoms with E-state index in [4.69, 9.17) is 10.2 Å². The van der Waals surface area contributed by atoms with Crippen LogP contribution in [0.4, 0.5) is 0 Å². The minimum atomic E-state index is -0.0932. The molecule has 0 aromatic carbocycles. The van der Waals surface area contributed by atoms with Crippen molar-refractivity contribution in [1.82, 2.24) is 0 Å². The van der Waals surface area contributed by atoms with Gasteiger partial charge in [0.2, 0.25) is 0 Å². The van der Waals surface area contributed by atoms with Crippen LogP contribution in [-0.2, 0) is 9.59 Å². The summed E-state index contributed by atoms with van der Waals surface area (Å²) in [6.45, 7) is 1.71. The molecule has 0 unspecified atom stereocenters. The Kier molecular flexibility index (Phi) is 9.96. The van der Waals surface area contributed by atoms with Gasteiger partial charge in [0.25, 0.3) is 0 Å². The van der Waals surface area contributed by atoms with Crippen molar-refractivity contribution in [2.45, 2.75) is 51.9 Å². The smallest absolute Gasteiger partial charge is 0.143 e. The molecule has 2 N–H and O–H groups in total. The summed E-state index contributed by atoms with van der Waals surface area (Å²) in [5, 5.41) is 17.4. The van der Waals surface area contributed by atoms with E-state index in [0.29, 0.717) is 12.8 Å². The first kappa shape index (κ1) is 16.3. The molecule has 0 fully saturated rings. The minimum Gasteiger partial charge on any atom is -0.396 e. The van der Waals surface area contributed by atoms with Gasteiger partial charge in [-0.05, 0) is 32.6 Å². The van der Waals surface area contributed by atoms with Crippen LogP contribution in [0.5, 0.6) is 0 Å². The molecular formula is C13H24O4. The van der Waals surface area contributed by atoms with Crippen molar-refractivity contribution in [1.29, 1.82) is 0 Å². The highest BCUT2D eigenvalue weighted by Gasteiger charge is 2.18. The van der Waals surface area contributed by atoms with E-state index in [2.05, 4.69) is 0 Å². The van der Waals surface area contributed by atoms with Crippen LogP contribution < -0.4 is 0 Å². The van der Waals surface area contributed by atoms with Crippen molar-refractivity contribution in [3.63, 3.8) is 0 Å². The van der Waals surface area contributed by atoms with Gasteiger partial charge in [0.05, 0.1) is 6.42 Å². The van der Waals surface area contributed by atoms with E-state index in [1.54, 1.807) is 0 Å². The first-order chi connectivity index (χ1) is 8.11. The Morgan fingerprint density at radius 1 is 0.941 bits per heavy atom. The van der Waals surface area contributed by atoms with Crippen LogP contribution in [-0.4, -0.2) is 35.0 Å². The van der Waals surface area contributed by atoms with Crippen LogP contribution in [0.15, 0.2) is 0 Å². The molecule has 17 heavy (non-hydrogen) atoms. The second kappa shape index (κ2) is 10.4. The zero-order chi connectivity index (χ0) is 13.1. The average molecular weight is 244 g/mol. The second-order valence-corrected chi connectivity index (χ2v) is 4.48. The highest BCUT2D eigenvalue weighted by atomic mass is 16.3. The number of hydrogen-bond acceptors (Lipinski definition) is 4. The van der Waals surface area contributed by atoms with E-state index in [1.165, 1.54) is 6.92 Å². The van der Waals surface area contributed by atoms with Crippen molar-refractivity contribution in [2.24, 2.45) is 5.92 Å². The number of carbonyl (C=O) groups excluding carboxylic acids is 2. The number of unbranched alkanes of at least 4 members (excludes halogenated alkanes) is 2. The molecule has 100 valence electrons. The Morgan fingerprint density at radius 3 is 1.76 bits per heavy atom. The summed E-state index contributed by atoms with van der Waals surface area (Å²) in [5.41, 5.74) is 0. The Morgan fingerprint density at radius 2 is 1.41 bits per heavy atom. The molecule has 0 radical (unpaired) electrons. The van der Waals surface area contributed by atoms with Gasteiger partial charge in [-0.2, -0.15) is 0 Å². The van der Waals surface area contributed by atoms with Gasteiger partial charge in [0.15, 0.2) is 0 Å². The van der Waals surface area contributed by atoms with Gasteiger partial charge in [0, 0.05) is 19.1 Å². The number of carbonyl (C=O) groups is 2. The van der Waals surface area contributed by atoms with E-state index in [-0.39, 0.29) is 37.1 Å². The number of aliphatic hydroxyl groups is 2. The summed E-state index contributed by atoms with van der Waals surface area (Å²) in [6, 6.07) is 0. The monoisotopic (exact) mass is 244 g/mol. The molecule has 0 saturated carbocycles. The summed E-state index contributed by atoms with van der Waals surface area (Å²) in [7, 11) is 0. The van der Waals surface area contributed by atoms with Crippen LogP contribution in [0.25, 0.3) is 0 Å². The lowest BCUT2D eigenvalue weighted by molar-refractivity contribution is -0.128. The largest absolute Gasteiger partial charge is 0.396 e. The third kappa shape index (κ3) is 9.01. The van der Waals surface area contributed by atoms with Crippen molar-refractivity contribution >= 4 is 11.6 Å². The van der Waals surface area contributed by atoms with Gasteiger partial charge in [0.1, 0.15) is 11.6 Å². The van der Waals surface area contributed by atoms with E-state index >= 15 is 0 Å². The van der Waals surface area contributed by atoms with Crippen LogP contribution in [0, 0.1) is 5.92 Å². The Bertz CT molecular complexity index is 215. The molecule has 0 rings (SSSR count). The van der Waals surface area contributed by atoms with Crippen molar-refractivity contribution in [3.05, 3.63) is 0 Å². The number of ketones is 2. The molecule has 0 aliphatic rings. The molecule has 0 amide bonds. The number of aliphatic hydroxyl groups excluding tert-OH is 2. The number of hydrogen-bond donors (Lipinski definition) is 2. The molecule has 0 heterocycles. The fraction of sp³-hybridized carbons (Fsp3) is 0.846. The topological polar surface area (TPSA) is 74.6 Å². The molecule has 0 bridgehead atoms. The lowest BCUT2D eigenvalue weighted by Gasteiger charge is -2.14. The Hall–Kier alpha value is -0.740. The number of Topliss-reactive ketones (excluding diaryl/α,β-unsaturated/α-hetero) is 2. The first-order valence-electron chi connectivity index (χ1n) is 6.35. The Balaban J connectivity index is 4.07. The number of rotatable bonds is 11. The van der Waals surface area contributed by atoms with Gasteiger partial charge >= 0.3 is 0 Å². The maximum atomic E-state index is 11.8. The van der Waals surface area contributed by atoms with Crippen molar-refractivity contribution in [3.8, 4) is 0 Å². The Labute approximate surface area is 103 Å². The van der Waals surface area contributed by atoms with Gasteiger partial charge < -0.3 is 10.2 Å². The quantitative estimate of drug-likeness (QED) is 0.426. The maximum Gasteiger partial charge on any atom is 0.143 e. The molecule has 4 heteroatoms. The molecule has 0 aliphatic heterocycles. The van der Waals surface area contributed by atoms with Crippen LogP contribution in [0.3, 0.4) is 0 Å². The van der Waals surface area contributed by atoms with Crippen LogP contribution in [0.2, 0.25) is 0 Å². The van der Waals surface area contributed by atoms with Crippen LogP contribution in [0.1, 0.15) is 51.9 Å². The fourth-order valence-corrected chi connectivity index (χ4v) is 1.86. The van der Waals surface area contributed by atoms with E-state index < -0.39 is 0 Å². The van der Waals surface area contributed by atoms with Gasteiger partial charge in [-0.3, -0.25) is 9.59 Å². The SMILES string of the molecule is CC(=O)CC(=O)C(CCCCO)CCCCO. The van der Waals surface area contributed by atoms with E-state index in [9.17, 15) is 9.59 Å². The molecule has 4 nitrogen and oxygen atoms in total. The predicted molar refractivity (Wildman–Crippen MR) is 65.7 cm³/mol. The van der Waals surface area contributed by atoms with Crippen molar-refractivity contribution in [2.75, 3.05) is 13.2 Å². The van der Waals surface area contributed by atoms with Gasteiger partial charge in [-0.15, -0.1) is 0 Å². The van der Waals surface area contributed by atoms with E-state index in [0.717, 1.165) is 25.7 Å². The molecule has 0 spiro atoms. The zero-order valence-electron chi connectivity index (χ0n) is 10.7. The van der Waals surface area contributed by atoms with Gasteiger partial charge in [-0.1, -0.05) is 12.8 Å². The fourth-order valence-electron chi connectivity index (χ4n) is 1.86. The lowest BCUT2D eigenvalue weighted by atomic mass is 9.89. The zero-order valence-corrected chi connectivity index (χ0v) is 10.7. The summed E-state index contributed by atoms with van der Waals surface area (Å²) in [4.78, 5) is 22.7. The summed E-state index contributed by atoms with van der Waals surface area (Å²) >= 11 is 0. The minimum absolute atomic E-state index is 0.00776. The second-order valence-electron chi connectivity index (χ2n) is 4.48. The lowest BCUT2D eigenvalue weighted by Crippen LogP contribution is -2.17. The highest BCUT2D eigenvalue weighted by molar-refractivity contribution is 5.98. The third-order valence-corrected chi connectivity index (χ3v) is 2.80. The van der Waals surface area contributed by atoms with Crippen LogP contribution >= 0.6 is 0 Å². The first-order valence-corrected chi connectivity index (χ1v) is 6.35. The average Bonchev–Trinajstić information content (AvgIpc) is 2.26. The molecular weight excluding hydrogens is 220 g/mol. The van der Waals surface area contributed by atoms with E-state index in [1.807, 2.05) is 0 Å². The standard InChI is InChI=1S/C13H24O4/c1-11(16)10-13(17)12(6-2-4-8-14)7-3-5-9-15/h12,14-15H,2-10H2,1H3. The molecule has 0 saturated heterocycles. The highest BCUT2D eigenvalue weighted by Crippen LogP contribution is 2.18.